The second kappa shape index (κ2) is 14.6. The van der Waals surface area contributed by atoms with Crippen LogP contribution in [-0.4, -0.2) is 16.1 Å². The Bertz CT molecular complexity index is 3790. The van der Waals surface area contributed by atoms with Crippen molar-refractivity contribution < 1.29 is 8.83 Å². The number of aryl methyl sites for hydroxylation is 4. The number of anilines is 6. The van der Waals surface area contributed by atoms with Crippen molar-refractivity contribution in [1.29, 1.82) is 0 Å². The van der Waals surface area contributed by atoms with Crippen LogP contribution in [0.5, 0.6) is 0 Å². The molecule has 0 fully saturated rings. The first kappa shape index (κ1) is 40.9. The van der Waals surface area contributed by atoms with E-state index in [9.17, 15) is 0 Å². The third-order valence-electron chi connectivity index (χ3n) is 15.3. The summed E-state index contributed by atoms with van der Waals surface area (Å²) in [5.41, 5.74) is 20.7. The molecule has 11 aromatic rings. The number of fused-ring (bicyclic) bond motifs is 14. The second-order valence-corrected chi connectivity index (χ2v) is 29.1. The van der Waals surface area contributed by atoms with E-state index in [0.29, 0.717) is 0 Å². The van der Waals surface area contributed by atoms with Gasteiger partial charge in [0.1, 0.15) is 32.9 Å². The van der Waals surface area contributed by atoms with E-state index in [2.05, 4.69) is 234 Å². The van der Waals surface area contributed by atoms with Gasteiger partial charge in [0.05, 0.1) is 16.8 Å². The Kier molecular flexibility index (Phi) is 8.75. The molecule has 0 radical (unpaired) electrons. The molecule has 2 aromatic heterocycles. The van der Waals surface area contributed by atoms with Gasteiger partial charge in [-0.3, -0.25) is 0 Å². The number of furan rings is 2. The van der Waals surface area contributed by atoms with E-state index in [-0.39, 0.29) is 0 Å². The van der Waals surface area contributed by atoms with E-state index in [0.717, 1.165) is 72.6 Å². The molecule has 0 saturated heterocycles. The minimum Gasteiger partial charge on any atom is -0.455 e. The van der Waals surface area contributed by atoms with Gasteiger partial charge in [0, 0.05) is 44.5 Å². The molecule has 330 valence electrons. The number of rotatable bonds is 6. The lowest BCUT2D eigenvalue weighted by atomic mass is 9.95. The summed E-state index contributed by atoms with van der Waals surface area (Å²) in [7, 11) is -4.77. The highest BCUT2D eigenvalue weighted by atomic mass is 28.3. The minimum absolute atomic E-state index is 0.910. The van der Waals surface area contributed by atoms with Gasteiger partial charge in [0.2, 0.25) is 0 Å². The summed E-state index contributed by atoms with van der Waals surface area (Å²) < 4.78 is 14.3. The molecule has 4 heterocycles. The van der Waals surface area contributed by atoms with E-state index in [1.165, 1.54) is 70.6 Å². The Balaban J connectivity index is 1.08. The molecule has 0 spiro atoms. The molecule has 0 N–H and O–H groups in total. The third kappa shape index (κ3) is 5.83. The van der Waals surface area contributed by atoms with Crippen molar-refractivity contribution in [1.82, 2.24) is 0 Å². The fourth-order valence-electron chi connectivity index (χ4n) is 11.6. The van der Waals surface area contributed by atoms with E-state index in [1.807, 2.05) is 0 Å². The summed E-state index contributed by atoms with van der Waals surface area (Å²) in [5.74, 6) is 0. The lowest BCUT2D eigenvalue weighted by molar-refractivity contribution is 0.669. The van der Waals surface area contributed by atoms with Crippen molar-refractivity contribution in [3.63, 3.8) is 0 Å². The molecule has 0 saturated carbocycles. The zero-order valence-electron chi connectivity index (χ0n) is 39.9. The van der Waals surface area contributed by atoms with Gasteiger partial charge in [-0.25, -0.2) is 0 Å². The molecule has 0 amide bonds. The highest BCUT2D eigenvalue weighted by Crippen LogP contribution is 2.51. The number of benzene rings is 9. The summed E-state index contributed by atoms with van der Waals surface area (Å²) in [5, 5.41) is 10.5. The highest BCUT2D eigenvalue weighted by Gasteiger charge is 2.47. The largest absolute Gasteiger partial charge is 0.455 e. The van der Waals surface area contributed by atoms with Crippen molar-refractivity contribution in [3.8, 4) is 22.3 Å². The first-order valence-corrected chi connectivity index (χ1v) is 29.9. The lowest BCUT2D eigenvalue weighted by Crippen LogP contribution is -2.51. The monoisotopic (exact) mass is 912 g/mol. The summed E-state index contributed by atoms with van der Waals surface area (Å²) in [6, 6.07) is 63.3. The zero-order valence-corrected chi connectivity index (χ0v) is 41.9. The molecule has 6 heteroatoms. The van der Waals surface area contributed by atoms with Crippen LogP contribution in [0, 0.1) is 27.7 Å². The molecular formula is C62H52N2O2Si2. The van der Waals surface area contributed by atoms with Crippen molar-refractivity contribution in [2.45, 2.75) is 53.9 Å². The van der Waals surface area contributed by atoms with Crippen LogP contribution in [0.2, 0.25) is 26.2 Å². The van der Waals surface area contributed by atoms with Gasteiger partial charge in [0.15, 0.2) is 5.58 Å². The SMILES string of the molecule is Cc1ccc(N(c2ccc(C)cc2)c2cc3c(c4c2oc2ccccc24)-c2cc4c(cc2[Si]3(C)C)-c2c(cc(N(c3ccc(C)cc3)c3ccc(C)cc3)c3c2oc2ccccc23)[Si]4(C)C)cc1. The van der Waals surface area contributed by atoms with Crippen LogP contribution < -0.4 is 30.5 Å². The quantitative estimate of drug-likeness (QED) is 0.156. The molecule has 0 atom stereocenters. The zero-order chi connectivity index (χ0) is 46.4. The summed E-state index contributed by atoms with van der Waals surface area (Å²) in [4.78, 5) is 4.87. The molecule has 0 unspecified atom stereocenters. The third-order valence-corrected chi connectivity index (χ3v) is 22.3. The van der Waals surface area contributed by atoms with Crippen LogP contribution in [0.1, 0.15) is 22.3 Å². The maximum atomic E-state index is 7.20. The van der Waals surface area contributed by atoms with Crippen molar-refractivity contribution in [2.24, 2.45) is 0 Å². The number of hydrogen-bond donors (Lipinski definition) is 0. The maximum absolute atomic E-state index is 7.20. The minimum atomic E-state index is -2.39. The van der Waals surface area contributed by atoms with E-state index < -0.39 is 16.1 Å². The van der Waals surface area contributed by atoms with Crippen LogP contribution >= 0.6 is 0 Å². The topological polar surface area (TPSA) is 32.8 Å². The molecule has 68 heavy (non-hydrogen) atoms. The summed E-state index contributed by atoms with van der Waals surface area (Å²) in [6.45, 7) is 18.8. The smallest absolute Gasteiger partial charge is 0.160 e. The van der Waals surface area contributed by atoms with Crippen molar-refractivity contribution in [2.75, 3.05) is 9.80 Å². The van der Waals surface area contributed by atoms with E-state index in [4.69, 9.17) is 8.83 Å². The van der Waals surface area contributed by atoms with Crippen LogP contribution in [0.25, 0.3) is 66.1 Å². The molecule has 2 aliphatic heterocycles. The molecule has 0 bridgehead atoms. The molecular weight excluding hydrogens is 861 g/mol. The van der Waals surface area contributed by atoms with Crippen molar-refractivity contribution in [3.05, 3.63) is 192 Å². The van der Waals surface area contributed by atoms with Gasteiger partial charge in [-0.2, -0.15) is 0 Å². The maximum Gasteiger partial charge on any atom is 0.160 e. The number of hydrogen-bond acceptors (Lipinski definition) is 4. The molecule has 2 aliphatic rings. The fraction of sp³-hybridized carbons (Fsp3) is 0.129. The average molecular weight is 913 g/mol. The Hall–Kier alpha value is -7.39. The van der Waals surface area contributed by atoms with Gasteiger partial charge in [0.25, 0.3) is 0 Å². The highest BCUT2D eigenvalue weighted by molar-refractivity contribution is 7.06. The van der Waals surface area contributed by atoms with E-state index >= 15 is 0 Å². The predicted molar refractivity (Wildman–Crippen MR) is 294 cm³/mol. The normalized spacial score (nSPS) is 14.1. The average Bonchev–Trinajstić information content (AvgIpc) is 4.04. The molecule has 9 aromatic carbocycles. The molecule has 4 nitrogen and oxygen atoms in total. The van der Waals surface area contributed by atoms with Crippen molar-refractivity contribution >= 4 is 115 Å². The first-order valence-electron chi connectivity index (χ1n) is 23.9. The van der Waals surface area contributed by atoms with Crippen LogP contribution in [0.4, 0.5) is 34.1 Å². The lowest BCUT2D eigenvalue weighted by Gasteiger charge is -2.28. The van der Waals surface area contributed by atoms with Gasteiger partial charge in [-0.05, 0) is 138 Å². The standard InChI is InChI=1S/C62H52N2O2Si2/c1-37-17-25-41(26-18-37)63(42-27-19-38(2)20-28-42)49-35-56-59(62-57(49)45-13-9-11-15-51(45)66-62)48-34-53-47(33-54(48)68(56,7)8)58-55(67(53,5)6)36-50(61-60(58)46-14-10-12-16-52(46)65-61)64(43-29-21-39(3)22-30-43)44-31-23-40(4)24-32-44/h9-36H,1-8H3. The molecule has 13 rings (SSSR count). The van der Waals surface area contributed by atoms with Gasteiger partial charge >= 0.3 is 0 Å². The number of para-hydroxylation sites is 2. The van der Waals surface area contributed by atoms with Gasteiger partial charge < -0.3 is 18.6 Å². The van der Waals surface area contributed by atoms with Crippen LogP contribution in [-0.2, 0) is 0 Å². The Morgan fingerprint density at radius 3 is 1.19 bits per heavy atom. The second-order valence-electron chi connectivity index (χ2n) is 20.4. The van der Waals surface area contributed by atoms with Crippen LogP contribution in [0.15, 0.2) is 179 Å². The molecule has 0 aliphatic carbocycles. The van der Waals surface area contributed by atoms with Gasteiger partial charge in [-0.15, -0.1) is 0 Å². The summed E-state index contributed by atoms with van der Waals surface area (Å²) in [6.07, 6.45) is 0. The van der Waals surface area contributed by atoms with E-state index in [1.54, 1.807) is 0 Å². The van der Waals surface area contributed by atoms with Gasteiger partial charge in [-0.1, -0.05) is 146 Å². The Morgan fingerprint density at radius 2 is 0.721 bits per heavy atom. The Labute approximate surface area is 399 Å². The number of nitrogens with zero attached hydrogens (tertiary/aromatic N) is 2. The first-order chi connectivity index (χ1) is 32.9. The predicted octanol–water partition coefficient (Wildman–Crippen LogP) is 15.3. The fourth-order valence-corrected chi connectivity index (χ4v) is 17.7. The Morgan fingerprint density at radius 1 is 0.353 bits per heavy atom. The van der Waals surface area contributed by atoms with Crippen LogP contribution in [0.3, 0.4) is 0 Å². The summed E-state index contributed by atoms with van der Waals surface area (Å²) >= 11 is 0.